The summed E-state index contributed by atoms with van der Waals surface area (Å²) in [7, 11) is 0. The highest BCUT2D eigenvalue weighted by Crippen LogP contribution is 2.33. The summed E-state index contributed by atoms with van der Waals surface area (Å²) in [5.41, 5.74) is 2.27. The van der Waals surface area contributed by atoms with Crippen LogP contribution < -0.4 is 15.0 Å². The minimum atomic E-state index is -0.871. The van der Waals surface area contributed by atoms with E-state index >= 15 is 0 Å². The second kappa shape index (κ2) is 6.72. The summed E-state index contributed by atoms with van der Waals surface area (Å²) in [5, 5.41) is 12.6. The van der Waals surface area contributed by atoms with Crippen LogP contribution in [0.1, 0.15) is 19.3 Å². The van der Waals surface area contributed by atoms with Crippen molar-refractivity contribution in [3.63, 3.8) is 0 Å². The number of ether oxygens (including phenoxy) is 1. The van der Waals surface area contributed by atoms with Gasteiger partial charge in [0.2, 0.25) is 0 Å². The van der Waals surface area contributed by atoms with Crippen molar-refractivity contribution in [3.05, 3.63) is 47.7 Å². The maximum absolute atomic E-state index is 11.3. The van der Waals surface area contributed by atoms with Crippen molar-refractivity contribution in [2.24, 2.45) is 4.99 Å². The number of benzene rings is 1. The van der Waals surface area contributed by atoms with Gasteiger partial charge in [-0.25, -0.2) is 9.79 Å². The highest BCUT2D eigenvalue weighted by Gasteiger charge is 2.31. The molecule has 0 bridgehead atoms. The van der Waals surface area contributed by atoms with Gasteiger partial charge in [0.15, 0.2) is 0 Å². The molecule has 130 valence electrons. The van der Waals surface area contributed by atoms with Crippen molar-refractivity contribution in [2.75, 3.05) is 18.0 Å². The predicted octanol–water partition coefficient (Wildman–Crippen LogP) is 2.33. The highest BCUT2D eigenvalue weighted by molar-refractivity contribution is 5.91. The van der Waals surface area contributed by atoms with Gasteiger partial charge in [-0.15, -0.1) is 0 Å². The monoisotopic (exact) mass is 339 g/mol. The van der Waals surface area contributed by atoms with Gasteiger partial charge in [0.1, 0.15) is 11.9 Å². The Labute approximate surface area is 146 Å². The van der Waals surface area contributed by atoms with Crippen molar-refractivity contribution in [1.29, 1.82) is 0 Å². The van der Waals surface area contributed by atoms with E-state index in [2.05, 4.69) is 10.3 Å². The molecule has 1 aromatic carbocycles. The van der Waals surface area contributed by atoms with Crippen LogP contribution in [0.2, 0.25) is 0 Å². The third-order valence-electron chi connectivity index (χ3n) is 4.82. The van der Waals surface area contributed by atoms with Crippen molar-refractivity contribution >= 4 is 18.0 Å². The van der Waals surface area contributed by atoms with E-state index in [-0.39, 0.29) is 12.1 Å². The summed E-state index contributed by atoms with van der Waals surface area (Å²) in [6, 6.07) is 7.86. The Balaban J connectivity index is 1.51. The fourth-order valence-electron chi connectivity index (χ4n) is 3.49. The molecule has 1 saturated heterocycles. The van der Waals surface area contributed by atoms with Gasteiger partial charge in [-0.1, -0.05) is 6.07 Å². The number of aliphatic carboxylic acids is 1. The number of piperidine rings is 1. The lowest BCUT2D eigenvalue weighted by molar-refractivity contribution is -0.132. The summed E-state index contributed by atoms with van der Waals surface area (Å²) < 4.78 is 6.10. The second-order valence-corrected chi connectivity index (χ2v) is 6.54. The van der Waals surface area contributed by atoms with Gasteiger partial charge < -0.3 is 20.1 Å². The molecule has 0 aromatic heterocycles. The van der Waals surface area contributed by atoms with Crippen LogP contribution in [0.5, 0.6) is 5.75 Å². The molecule has 2 heterocycles. The van der Waals surface area contributed by atoms with E-state index in [4.69, 9.17) is 4.74 Å². The Hall–Kier alpha value is -2.60. The number of carbonyl (C=O) groups is 1. The fourth-order valence-corrected chi connectivity index (χ4v) is 3.49. The van der Waals surface area contributed by atoms with Gasteiger partial charge in [0, 0.05) is 30.3 Å². The lowest BCUT2D eigenvalue weighted by Gasteiger charge is -2.28. The van der Waals surface area contributed by atoms with Crippen LogP contribution in [0, 0.1) is 0 Å². The summed E-state index contributed by atoms with van der Waals surface area (Å²) in [6.07, 6.45) is 8.04. The zero-order valence-electron chi connectivity index (χ0n) is 13.9. The van der Waals surface area contributed by atoms with Gasteiger partial charge in [-0.2, -0.15) is 0 Å². The van der Waals surface area contributed by atoms with Crippen LogP contribution >= 0.6 is 0 Å². The van der Waals surface area contributed by atoms with E-state index in [1.54, 1.807) is 18.5 Å². The number of allylic oxidation sites excluding steroid dienone is 2. The SMILES string of the molecule is O=C(O)C1=CC=C2N=CN(c3cccc(OC4CCCNC4)c3)C2C1. The maximum Gasteiger partial charge on any atom is 0.331 e. The fraction of sp³-hybridized carbons (Fsp3) is 0.368. The smallest absolute Gasteiger partial charge is 0.331 e. The molecule has 25 heavy (non-hydrogen) atoms. The van der Waals surface area contributed by atoms with Crippen molar-refractivity contribution < 1.29 is 14.6 Å². The third kappa shape index (κ3) is 3.30. The number of carboxylic acids is 1. The number of nitrogens with one attached hydrogen (secondary N) is 1. The topological polar surface area (TPSA) is 74.2 Å². The molecule has 1 aliphatic carbocycles. The second-order valence-electron chi connectivity index (χ2n) is 6.54. The molecule has 3 aliphatic rings. The minimum Gasteiger partial charge on any atom is -0.489 e. The molecule has 0 amide bonds. The van der Waals surface area contributed by atoms with Crippen LogP contribution in [0.3, 0.4) is 0 Å². The Morgan fingerprint density at radius 1 is 1.36 bits per heavy atom. The molecule has 0 saturated carbocycles. The number of carboxylic acid groups (broad SMARTS) is 1. The maximum atomic E-state index is 11.3. The molecule has 6 nitrogen and oxygen atoms in total. The Morgan fingerprint density at radius 3 is 3.08 bits per heavy atom. The Kier molecular flexibility index (Phi) is 4.28. The average molecular weight is 339 g/mol. The van der Waals surface area contributed by atoms with Crippen LogP contribution in [0.15, 0.2) is 52.7 Å². The van der Waals surface area contributed by atoms with Crippen molar-refractivity contribution in [2.45, 2.75) is 31.4 Å². The van der Waals surface area contributed by atoms with E-state index in [9.17, 15) is 9.90 Å². The van der Waals surface area contributed by atoms with E-state index < -0.39 is 5.97 Å². The van der Waals surface area contributed by atoms with Crippen LogP contribution in [0.25, 0.3) is 0 Å². The van der Waals surface area contributed by atoms with E-state index in [1.807, 2.05) is 29.2 Å². The van der Waals surface area contributed by atoms with Crippen molar-refractivity contribution in [1.82, 2.24) is 5.32 Å². The van der Waals surface area contributed by atoms with Gasteiger partial charge in [0.05, 0.1) is 18.1 Å². The Bertz CT molecular complexity index is 763. The number of nitrogens with zero attached hydrogens (tertiary/aromatic N) is 2. The van der Waals surface area contributed by atoms with Crippen molar-refractivity contribution in [3.8, 4) is 5.75 Å². The molecule has 6 heteroatoms. The third-order valence-corrected chi connectivity index (χ3v) is 4.82. The number of aliphatic imine (C=N–C) groups is 1. The molecular formula is C19H21N3O3. The normalized spacial score (nSPS) is 25.2. The van der Waals surface area contributed by atoms with Gasteiger partial charge >= 0.3 is 5.97 Å². The zero-order valence-corrected chi connectivity index (χ0v) is 13.9. The molecule has 2 atom stereocenters. The lowest BCUT2D eigenvalue weighted by atomic mass is 9.97. The number of rotatable bonds is 4. The molecule has 2 aliphatic heterocycles. The molecule has 4 rings (SSSR count). The number of anilines is 1. The first kappa shape index (κ1) is 15.9. The van der Waals surface area contributed by atoms with Gasteiger partial charge in [-0.05, 0) is 43.7 Å². The molecular weight excluding hydrogens is 318 g/mol. The van der Waals surface area contributed by atoms with Crippen LogP contribution in [0.4, 0.5) is 5.69 Å². The standard InChI is InChI=1S/C19H21N3O3/c23-19(24)13-6-7-17-18(9-13)22(12-21-17)14-3-1-4-15(10-14)25-16-5-2-8-20-11-16/h1,3-4,6-7,10,12,16,18,20H,2,5,8-9,11H2,(H,23,24). The van der Waals surface area contributed by atoms with Crippen LogP contribution in [-0.2, 0) is 4.79 Å². The summed E-state index contributed by atoms with van der Waals surface area (Å²) in [5.74, 6) is -0.0362. The molecule has 0 spiro atoms. The van der Waals surface area contributed by atoms with E-state index in [0.29, 0.717) is 12.0 Å². The van der Waals surface area contributed by atoms with E-state index in [0.717, 1.165) is 43.1 Å². The largest absolute Gasteiger partial charge is 0.489 e. The average Bonchev–Trinajstić information content (AvgIpc) is 3.06. The number of hydrogen-bond donors (Lipinski definition) is 2. The van der Waals surface area contributed by atoms with Crippen LogP contribution in [-0.4, -0.2) is 42.6 Å². The van der Waals surface area contributed by atoms with E-state index in [1.165, 1.54) is 0 Å². The quantitative estimate of drug-likeness (QED) is 0.881. The number of fused-ring (bicyclic) bond motifs is 1. The Morgan fingerprint density at radius 2 is 2.28 bits per heavy atom. The summed E-state index contributed by atoms with van der Waals surface area (Å²) in [6.45, 7) is 1.93. The predicted molar refractivity (Wildman–Crippen MR) is 96.1 cm³/mol. The molecule has 0 radical (unpaired) electrons. The molecule has 2 N–H and O–H groups in total. The molecule has 1 aromatic rings. The zero-order chi connectivity index (χ0) is 17.2. The summed E-state index contributed by atoms with van der Waals surface area (Å²) >= 11 is 0. The summed E-state index contributed by atoms with van der Waals surface area (Å²) in [4.78, 5) is 17.7. The first-order valence-electron chi connectivity index (χ1n) is 8.65. The van der Waals surface area contributed by atoms with Gasteiger partial charge in [-0.3, -0.25) is 0 Å². The van der Waals surface area contributed by atoms with Gasteiger partial charge in [0.25, 0.3) is 0 Å². The first-order valence-corrected chi connectivity index (χ1v) is 8.65. The first-order chi connectivity index (χ1) is 12.2. The number of hydrogen-bond acceptors (Lipinski definition) is 5. The molecule has 2 unspecified atom stereocenters. The molecule has 1 fully saturated rings. The lowest BCUT2D eigenvalue weighted by Crippen LogP contribution is -2.37. The minimum absolute atomic E-state index is 0.0669. The highest BCUT2D eigenvalue weighted by atomic mass is 16.5.